The first-order valence-electron chi connectivity index (χ1n) is 10.2. The van der Waals surface area contributed by atoms with Crippen molar-refractivity contribution in [2.24, 2.45) is 0 Å². The van der Waals surface area contributed by atoms with E-state index in [1.807, 2.05) is 80.7 Å². The Morgan fingerprint density at radius 2 is 1.90 bits per heavy atom. The van der Waals surface area contributed by atoms with E-state index in [2.05, 4.69) is 15.3 Å². The highest BCUT2D eigenvalue weighted by molar-refractivity contribution is 5.86. The molecule has 0 saturated heterocycles. The predicted octanol–water partition coefficient (Wildman–Crippen LogP) is 4.67. The fourth-order valence-corrected chi connectivity index (χ4v) is 3.64. The van der Waals surface area contributed by atoms with Gasteiger partial charge in [-0.3, -0.25) is 5.32 Å². The number of H-pyrrole nitrogens is 1. The second kappa shape index (κ2) is 8.92. The molecule has 0 radical (unpaired) electrons. The van der Waals surface area contributed by atoms with Crippen molar-refractivity contribution in [1.29, 1.82) is 0 Å². The summed E-state index contributed by atoms with van der Waals surface area (Å²) < 4.78 is 11.2. The van der Waals surface area contributed by atoms with E-state index in [0.717, 1.165) is 28.0 Å². The largest absolute Gasteiger partial charge is 0.505 e. The number of benzene rings is 2. The maximum atomic E-state index is 11.2. The monoisotopic (exact) mass is 416 g/mol. The number of nitrogens with zero attached hydrogens (tertiary/aromatic N) is 1. The third-order valence-electron chi connectivity index (χ3n) is 5.15. The Hall–Kier alpha value is -3.80. The number of aromatic hydroxyl groups is 1. The number of aromatic nitrogens is 2. The first-order valence-corrected chi connectivity index (χ1v) is 10.2. The minimum absolute atomic E-state index is 0.156. The molecule has 2 aromatic heterocycles. The minimum Gasteiger partial charge on any atom is -0.505 e. The second-order valence-electron chi connectivity index (χ2n) is 7.22. The van der Waals surface area contributed by atoms with Crippen LogP contribution in [0.1, 0.15) is 29.8 Å². The van der Waals surface area contributed by atoms with Gasteiger partial charge in [-0.1, -0.05) is 24.3 Å². The summed E-state index contributed by atoms with van der Waals surface area (Å²) in [5.74, 6) is 2.29. The van der Waals surface area contributed by atoms with Crippen LogP contribution in [0.5, 0.6) is 17.2 Å². The molecule has 6 nitrogen and oxygen atoms in total. The normalized spacial score (nSPS) is 11.8. The number of hydrogen-bond acceptors (Lipinski definition) is 5. The summed E-state index contributed by atoms with van der Waals surface area (Å²) in [4.78, 5) is 7.77. The summed E-state index contributed by atoms with van der Waals surface area (Å²) in [5.41, 5.74) is 3.07. The van der Waals surface area contributed by atoms with E-state index < -0.39 is 0 Å². The Balaban J connectivity index is 1.87. The van der Waals surface area contributed by atoms with Gasteiger partial charge in [-0.25, -0.2) is 9.97 Å². The highest BCUT2D eigenvalue weighted by atomic mass is 16.5. The Bertz CT molecular complexity index is 1200. The SMILES string of the molecule is CCOc1cc([C@@H](Nc2cccc[nH+]2)c2ccc3ccc(C)nc3c2O)ccc1OC. The summed E-state index contributed by atoms with van der Waals surface area (Å²) in [7, 11) is 1.62. The van der Waals surface area contributed by atoms with E-state index in [9.17, 15) is 5.11 Å². The molecule has 2 heterocycles. The van der Waals surface area contributed by atoms with Crippen molar-refractivity contribution in [3.8, 4) is 17.2 Å². The molecule has 0 unspecified atom stereocenters. The Morgan fingerprint density at radius 1 is 1.06 bits per heavy atom. The molecular formula is C25H26N3O3+. The summed E-state index contributed by atoms with van der Waals surface area (Å²) in [6, 6.07) is 19.1. The van der Waals surface area contributed by atoms with Crippen LogP contribution >= 0.6 is 0 Å². The average Bonchev–Trinajstić information content (AvgIpc) is 2.79. The van der Waals surface area contributed by atoms with Gasteiger partial charge in [-0.05, 0) is 44.2 Å². The molecule has 4 rings (SSSR count). The van der Waals surface area contributed by atoms with Crippen LogP contribution in [0.4, 0.5) is 5.82 Å². The molecule has 0 saturated carbocycles. The predicted molar refractivity (Wildman–Crippen MR) is 121 cm³/mol. The third kappa shape index (κ3) is 4.23. The lowest BCUT2D eigenvalue weighted by Crippen LogP contribution is -2.19. The quantitative estimate of drug-likeness (QED) is 0.458. The molecular weight excluding hydrogens is 390 g/mol. The molecule has 0 aliphatic carbocycles. The van der Waals surface area contributed by atoms with Crippen molar-refractivity contribution in [1.82, 2.24) is 4.98 Å². The Kier molecular flexibility index (Phi) is 5.89. The molecule has 0 fully saturated rings. The molecule has 2 aromatic carbocycles. The van der Waals surface area contributed by atoms with Crippen LogP contribution in [-0.4, -0.2) is 23.8 Å². The summed E-state index contributed by atoms with van der Waals surface area (Å²) in [6.07, 6.45) is 1.85. The number of methoxy groups -OCH3 is 1. The van der Waals surface area contributed by atoms with Gasteiger partial charge in [0.25, 0.3) is 5.82 Å². The molecule has 4 aromatic rings. The van der Waals surface area contributed by atoms with E-state index in [1.54, 1.807) is 7.11 Å². The van der Waals surface area contributed by atoms with Crippen LogP contribution in [0.25, 0.3) is 10.9 Å². The number of hydrogen-bond donors (Lipinski definition) is 2. The Labute approximate surface area is 181 Å². The number of ether oxygens (including phenoxy) is 2. The smallest absolute Gasteiger partial charge is 0.272 e. The van der Waals surface area contributed by atoms with Gasteiger partial charge >= 0.3 is 0 Å². The molecule has 6 heteroatoms. The molecule has 0 spiro atoms. The number of aryl methyl sites for hydroxylation is 1. The lowest BCUT2D eigenvalue weighted by molar-refractivity contribution is -0.361. The molecule has 1 atom stereocenters. The van der Waals surface area contributed by atoms with E-state index in [0.29, 0.717) is 23.6 Å². The molecule has 0 aliphatic heterocycles. The van der Waals surface area contributed by atoms with E-state index >= 15 is 0 Å². The number of phenols is 1. The highest BCUT2D eigenvalue weighted by Gasteiger charge is 2.25. The van der Waals surface area contributed by atoms with Gasteiger partial charge in [0, 0.05) is 28.3 Å². The van der Waals surface area contributed by atoms with Crippen molar-refractivity contribution < 1.29 is 19.6 Å². The third-order valence-corrected chi connectivity index (χ3v) is 5.15. The number of anilines is 1. The first kappa shape index (κ1) is 20.5. The van der Waals surface area contributed by atoms with E-state index in [-0.39, 0.29) is 11.8 Å². The van der Waals surface area contributed by atoms with Crippen molar-refractivity contribution >= 4 is 16.7 Å². The zero-order valence-corrected chi connectivity index (χ0v) is 17.8. The highest BCUT2D eigenvalue weighted by Crippen LogP contribution is 2.39. The molecule has 0 bridgehead atoms. The summed E-state index contributed by atoms with van der Waals surface area (Å²) >= 11 is 0. The maximum Gasteiger partial charge on any atom is 0.272 e. The molecule has 0 amide bonds. The fourth-order valence-electron chi connectivity index (χ4n) is 3.64. The van der Waals surface area contributed by atoms with Gasteiger partial charge < -0.3 is 14.6 Å². The van der Waals surface area contributed by atoms with Crippen molar-refractivity contribution in [3.63, 3.8) is 0 Å². The fraction of sp³-hybridized carbons (Fsp3) is 0.200. The lowest BCUT2D eigenvalue weighted by Gasteiger charge is -2.19. The van der Waals surface area contributed by atoms with Crippen molar-refractivity contribution in [2.75, 3.05) is 19.0 Å². The molecule has 3 N–H and O–H groups in total. The van der Waals surface area contributed by atoms with Gasteiger partial charge in [-0.15, -0.1) is 0 Å². The average molecular weight is 417 g/mol. The van der Waals surface area contributed by atoms with Crippen LogP contribution in [0.15, 0.2) is 66.9 Å². The van der Waals surface area contributed by atoms with Crippen LogP contribution in [-0.2, 0) is 0 Å². The van der Waals surface area contributed by atoms with Crippen molar-refractivity contribution in [2.45, 2.75) is 19.9 Å². The zero-order valence-electron chi connectivity index (χ0n) is 17.8. The van der Waals surface area contributed by atoms with E-state index in [4.69, 9.17) is 9.47 Å². The van der Waals surface area contributed by atoms with Gasteiger partial charge in [0.05, 0.1) is 19.9 Å². The minimum atomic E-state index is -0.351. The number of pyridine rings is 2. The number of phenolic OH excluding ortho intramolecular Hbond substituents is 1. The number of nitrogens with one attached hydrogen (secondary N) is 2. The van der Waals surface area contributed by atoms with Gasteiger partial charge in [0.2, 0.25) is 0 Å². The topological polar surface area (TPSA) is 77.8 Å². The van der Waals surface area contributed by atoms with Crippen LogP contribution in [0.2, 0.25) is 0 Å². The number of fused-ring (bicyclic) bond motifs is 1. The zero-order chi connectivity index (χ0) is 21.8. The van der Waals surface area contributed by atoms with Gasteiger partial charge in [-0.2, -0.15) is 0 Å². The summed E-state index contributed by atoms with van der Waals surface area (Å²) in [5, 5.41) is 15.6. The Morgan fingerprint density at radius 3 is 2.65 bits per heavy atom. The van der Waals surface area contributed by atoms with Crippen LogP contribution in [0, 0.1) is 6.92 Å². The van der Waals surface area contributed by atoms with E-state index in [1.165, 1.54) is 0 Å². The van der Waals surface area contributed by atoms with Crippen LogP contribution in [0.3, 0.4) is 0 Å². The van der Waals surface area contributed by atoms with Crippen LogP contribution < -0.4 is 19.8 Å². The molecule has 158 valence electrons. The maximum absolute atomic E-state index is 11.2. The number of aromatic amines is 1. The van der Waals surface area contributed by atoms with Gasteiger partial charge in [0.1, 0.15) is 17.3 Å². The first-order chi connectivity index (χ1) is 15.1. The molecule has 31 heavy (non-hydrogen) atoms. The number of rotatable bonds is 7. The second-order valence-corrected chi connectivity index (χ2v) is 7.22. The molecule has 0 aliphatic rings. The summed E-state index contributed by atoms with van der Waals surface area (Å²) in [6.45, 7) is 4.37. The standard InChI is InChI=1S/C25H25N3O3/c1-4-31-21-15-18(11-13-20(21)30-3)23(28-22-7-5-6-14-26-22)19-12-10-17-9-8-16(2)27-24(17)25(19)29/h5-15,23,29H,4H2,1-3H3,(H,26,28)/p+1/t23-/m1/s1. The lowest BCUT2D eigenvalue weighted by atomic mass is 9.95. The van der Waals surface area contributed by atoms with Crippen molar-refractivity contribution in [3.05, 3.63) is 83.7 Å². The van der Waals surface area contributed by atoms with Gasteiger partial charge in [0.15, 0.2) is 11.5 Å².